The molecule has 1 N–H and O–H groups in total. The van der Waals surface area contributed by atoms with E-state index in [1.807, 2.05) is 13.8 Å². The van der Waals surface area contributed by atoms with Gasteiger partial charge < -0.3 is 14.3 Å². The molecule has 0 bridgehead atoms. The maximum absolute atomic E-state index is 9.75. The highest BCUT2D eigenvalue weighted by atomic mass is 35.5. The van der Waals surface area contributed by atoms with E-state index in [2.05, 4.69) is 0 Å². The summed E-state index contributed by atoms with van der Waals surface area (Å²) >= 11 is 12.0. The predicted molar refractivity (Wildman–Crippen MR) is 81.6 cm³/mol. The molecule has 20 heavy (non-hydrogen) atoms. The highest BCUT2D eigenvalue weighted by molar-refractivity contribution is 6.37. The van der Waals surface area contributed by atoms with Gasteiger partial charge in [0, 0.05) is 10.0 Å². The third-order valence-corrected chi connectivity index (χ3v) is 3.57. The molecule has 3 nitrogen and oxygen atoms in total. The van der Waals surface area contributed by atoms with Gasteiger partial charge in [0.1, 0.15) is 11.5 Å². The van der Waals surface area contributed by atoms with Gasteiger partial charge in [-0.05, 0) is 49.2 Å². The standard InChI is InChI=1S/C14H13BCl2O3/c1-9-3-5-11(7-13(9)16)19-15(18)20-12-6-4-10(2)14(17)8-12/h3-8,18H,1-2H3. The maximum atomic E-state index is 9.75. The van der Waals surface area contributed by atoms with Crippen LogP contribution in [-0.4, -0.2) is 12.3 Å². The van der Waals surface area contributed by atoms with Gasteiger partial charge in [0.15, 0.2) is 0 Å². The first kappa shape index (κ1) is 15.0. The van der Waals surface area contributed by atoms with Crippen LogP contribution in [0.5, 0.6) is 11.5 Å². The summed E-state index contributed by atoms with van der Waals surface area (Å²) in [6.45, 7) is 3.76. The third kappa shape index (κ3) is 3.82. The molecule has 0 heterocycles. The van der Waals surface area contributed by atoms with E-state index < -0.39 is 7.32 Å². The van der Waals surface area contributed by atoms with Crippen LogP contribution in [0.15, 0.2) is 36.4 Å². The third-order valence-electron chi connectivity index (χ3n) is 2.76. The van der Waals surface area contributed by atoms with E-state index in [1.54, 1.807) is 36.4 Å². The van der Waals surface area contributed by atoms with E-state index in [-0.39, 0.29) is 0 Å². The Bertz CT molecular complexity index is 566. The highest BCUT2D eigenvalue weighted by Gasteiger charge is 2.21. The zero-order valence-corrected chi connectivity index (χ0v) is 12.6. The molecule has 0 aliphatic rings. The van der Waals surface area contributed by atoms with Crippen molar-refractivity contribution in [3.8, 4) is 11.5 Å². The van der Waals surface area contributed by atoms with Crippen molar-refractivity contribution in [2.24, 2.45) is 0 Å². The quantitative estimate of drug-likeness (QED) is 0.866. The fourth-order valence-corrected chi connectivity index (χ4v) is 1.89. The first-order valence-electron chi connectivity index (χ1n) is 5.99. The summed E-state index contributed by atoms with van der Waals surface area (Å²) in [4.78, 5) is 0. The Hall–Kier alpha value is -1.36. The largest absolute Gasteiger partial charge is 0.785 e. The summed E-state index contributed by atoms with van der Waals surface area (Å²) in [5.74, 6) is 0.845. The van der Waals surface area contributed by atoms with Crippen LogP contribution in [0.25, 0.3) is 0 Å². The predicted octanol–water partition coefficient (Wildman–Crippen LogP) is 4.05. The summed E-state index contributed by atoms with van der Waals surface area (Å²) in [5, 5.41) is 10.9. The second-order valence-electron chi connectivity index (χ2n) is 4.36. The molecular formula is C14H13BCl2O3. The van der Waals surface area contributed by atoms with Crippen molar-refractivity contribution in [2.75, 3.05) is 0 Å². The lowest BCUT2D eigenvalue weighted by Gasteiger charge is -2.12. The van der Waals surface area contributed by atoms with Crippen molar-refractivity contribution in [3.63, 3.8) is 0 Å². The Labute approximate surface area is 128 Å². The normalized spacial score (nSPS) is 10.2. The van der Waals surface area contributed by atoms with Crippen molar-refractivity contribution in [1.29, 1.82) is 0 Å². The summed E-state index contributed by atoms with van der Waals surface area (Å²) in [5.41, 5.74) is 1.86. The van der Waals surface area contributed by atoms with Gasteiger partial charge in [0.2, 0.25) is 0 Å². The Kier molecular flexibility index (Phi) is 4.81. The molecule has 2 rings (SSSR count). The molecule has 0 aliphatic carbocycles. The minimum absolute atomic E-state index is 0.423. The minimum atomic E-state index is -1.44. The number of aryl methyl sites for hydroxylation is 2. The second kappa shape index (κ2) is 6.40. The van der Waals surface area contributed by atoms with E-state index in [1.165, 1.54) is 0 Å². The molecule has 0 amide bonds. The molecule has 0 fully saturated rings. The van der Waals surface area contributed by atoms with Gasteiger partial charge in [0.05, 0.1) is 0 Å². The molecule has 0 spiro atoms. The summed E-state index contributed by atoms with van der Waals surface area (Å²) in [6.07, 6.45) is 0. The molecular weight excluding hydrogens is 298 g/mol. The van der Waals surface area contributed by atoms with Gasteiger partial charge in [-0.15, -0.1) is 0 Å². The van der Waals surface area contributed by atoms with Crippen LogP contribution in [0.4, 0.5) is 0 Å². The lowest BCUT2D eigenvalue weighted by atomic mass is 10.2. The van der Waals surface area contributed by atoms with Crippen LogP contribution >= 0.6 is 23.2 Å². The smallest absolute Gasteiger partial charge is 0.501 e. The molecule has 0 aromatic heterocycles. The first-order valence-corrected chi connectivity index (χ1v) is 6.75. The zero-order valence-electron chi connectivity index (χ0n) is 11.1. The molecule has 104 valence electrons. The lowest BCUT2D eigenvalue weighted by Crippen LogP contribution is -2.29. The second-order valence-corrected chi connectivity index (χ2v) is 5.18. The van der Waals surface area contributed by atoms with E-state index >= 15 is 0 Å². The number of rotatable bonds is 4. The number of hydrogen-bond donors (Lipinski definition) is 1. The van der Waals surface area contributed by atoms with Crippen LogP contribution in [-0.2, 0) is 0 Å². The molecule has 0 radical (unpaired) electrons. The monoisotopic (exact) mass is 310 g/mol. The van der Waals surface area contributed by atoms with Gasteiger partial charge in [-0.1, -0.05) is 35.3 Å². The topological polar surface area (TPSA) is 38.7 Å². The van der Waals surface area contributed by atoms with E-state index in [0.29, 0.717) is 21.5 Å². The van der Waals surface area contributed by atoms with E-state index in [9.17, 15) is 5.02 Å². The van der Waals surface area contributed by atoms with Gasteiger partial charge in [0.25, 0.3) is 0 Å². The lowest BCUT2D eigenvalue weighted by molar-refractivity contribution is 0.298. The first-order chi connectivity index (χ1) is 9.45. The fourth-order valence-electron chi connectivity index (χ4n) is 1.55. The number of halogens is 2. The van der Waals surface area contributed by atoms with Gasteiger partial charge in [-0.3, -0.25) is 0 Å². The molecule has 0 aliphatic heterocycles. The SMILES string of the molecule is Cc1ccc(OB(O)Oc2ccc(C)c(Cl)c2)cc1Cl. The molecule has 0 saturated heterocycles. The van der Waals surface area contributed by atoms with Gasteiger partial charge in [-0.25, -0.2) is 0 Å². The van der Waals surface area contributed by atoms with Crippen molar-refractivity contribution < 1.29 is 14.3 Å². The van der Waals surface area contributed by atoms with E-state index in [4.69, 9.17) is 32.5 Å². The molecule has 0 saturated carbocycles. The van der Waals surface area contributed by atoms with Gasteiger partial charge in [-0.2, -0.15) is 0 Å². The molecule has 2 aromatic rings. The minimum Gasteiger partial charge on any atom is -0.501 e. The fraction of sp³-hybridized carbons (Fsp3) is 0.143. The Morgan fingerprint density at radius 2 is 1.25 bits per heavy atom. The Morgan fingerprint density at radius 3 is 1.60 bits per heavy atom. The van der Waals surface area contributed by atoms with Crippen molar-refractivity contribution in [2.45, 2.75) is 13.8 Å². The van der Waals surface area contributed by atoms with Crippen LogP contribution in [0.2, 0.25) is 10.0 Å². The Morgan fingerprint density at radius 1 is 0.850 bits per heavy atom. The van der Waals surface area contributed by atoms with Crippen LogP contribution in [0.3, 0.4) is 0 Å². The summed E-state index contributed by atoms with van der Waals surface area (Å²) < 4.78 is 10.5. The average molecular weight is 311 g/mol. The van der Waals surface area contributed by atoms with Crippen LogP contribution < -0.4 is 9.31 Å². The highest BCUT2D eigenvalue weighted by Crippen LogP contribution is 2.24. The average Bonchev–Trinajstić information content (AvgIpc) is 2.38. The number of benzene rings is 2. The summed E-state index contributed by atoms with van der Waals surface area (Å²) in [7, 11) is -1.44. The molecule has 0 atom stereocenters. The van der Waals surface area contributed by atoms with Gasteiger partial charge >= 0.3 is 7.32 Å². The van der Waals surface area contributed by atoms with Crippen LogP contribution in [0, 0.1) is 13.8 Å². The van der Waals surface area contributed by atoms with Crippen molar-refractivity contribution in [3.05, 3.63) is 57.6 Å². The summed E-state index contributed by atoms with van der Waals surface area (Å²) in [6, 6.07) is 10.2. The van der Waals surface area contributed by atoms with Crippen molar-refractivity contribution in [1.82, 2.24) is 0 Å². The molecule has 2 aromatic carbocycles. The van der Waals surface area contributed by atoms with E-state index in [0.717, 1.165) is 11.1 Å². The van der Waals surface area contributed by atoms with Crippen LogP contribution in [0.1, 0.15) is 11.1 Å². The Balaban J connectivity index is 2.02. The zero-order chi connectivity index (χ0) is 14.7. The van der Waals surface area contributed by atoms with Crippen molar-refractivity contribution >= 4 is 30.5 Å². The maximum Gasteiger partial charge on any atom is 0.785 e. The number of hydrogen-bond acceptors (Lipinski definition) is 3. The molecule has 0 unspecified atom stereocenters. The molecule has 6 heteroatoms.